The van der Waals surface area contributed by atoms with Crippen molar-refractivity contribution in [3.8, 4) is 5.75 Å². The molecule has 0 saturated heterocycles. The molecule has 1 amide bonds. The van der Waals surface area contributed by atoms with Gasteiger partial charge >= 0.3 is 5.97 Å². The second-order valence-corrected chi connectivity index (χ2v) is 7.77. The van der Waals surface area contributed by atoms with Crippen LogP contribution in [0.5, 0.6) is 5.75 Å². The number of carbonyl (C=O) groups is 2. The standard InChI is InChI=1S/C17H21N3O4S2/c1-5-13(24-12-7-10(2)6-11(3)8-12)15(22)18-16-19-20-17(26-16)25-9-14(21)23-4/h6-8,13H,5,9H2,1-4H3,(H,18,19,22). The smallest absolute Gasteiger partial charge is 0.316 e. The lowest BCUT2D eigenvalue weighted by Crippen LogP contribution is -2.32. The van der Waals surface area contributed by atoms with E-state index in [1.807, 2.05) is 39.0 Å². The third kappa shape index (κ3) is 5.99. The van der Waals surface area contributed by atoms with E-state index in [0.29, 0.717) is 21.6 Å². The Morgan fingerprint density at radius 2 is 1.92 bits per heavy atom. The summed E-state index contributed by atoms with van der Waals surface area (Å²) in [6.07, 6.45) is -0.118. The number of anilines is 1. The van der Waals surface area contributed by atoms with E-state index in [1.54, 1.807) is 0 Å². The highest BCUT2D eigenvalue weighted by Crippen LogP contribution is 2.26. The number of nitrogens with one attached hydrogen (secondary N) is 1. The number of esters is 1. The van der Waals surface area contributed by atoms with Gasteiger partial charge in [0.05, 0.1) is 12.9 Å². The number of amides is 1. The second kappa shape index (κ2) is 9.54. The van der Waals surface area contributed by atoms with E-state index < -0.39 is 6.10 Å². The van der Waals surface area contributed by atoms with Crippen molar-refractivity contribution in [1.82, 2.24) is 10.2 Å². The highest BCUT2D eigenvalue weighted by Gasteiger charge is 2.20. The van der Waals surface area contributed by atoms with Crippen molar-refractivity contribution in [3.63, 3.8) is 0 Å². The van der Waals surface area contributed by atoms with E-state index in [9.17, 15) is 9.59 Å². The van der Waals surface area contributed by atoms with Crippen LogP contribution in [0, 0.1) is 13.8 Å². The third-order valence-corrected chi connectivity index (χ3v) is 5.26. The molecule has 0 aliphatic rings. The minimum Gasteiger partial charge on any atom is -0.481 e. The monoisotopic (exact) mass is 395 g/mol. The molecule has 140 valence electrons. The molecule has 9 heteroatoms. The molecule has 1 atom stereocenters. The van der Waals surface area contributed by atoms with Gasteiger partial charge in [0.2, 0.25) is 5.13 Å². The van der Waals surface area contributed by atoms with Gasteiger partial charge in [0.25, 0.3) is 5.91 Å². The SMILES string of the molecule is CCC(Oc1cc(C)cc(C)c1)C(=O)Nc1nnc(SCC(=O)OC)s1. The maximum atomic E-state index is 12.5. The van der Waals surface area contributed by atoms with Crippen molar-refractivity contribution in [2.45, 2.75) is 37.6 Å². The van der Waals surface area contributed by atoms with Crippen molar-refractivity contribution in [3.05, 3.63) is 29.3 Å². The molecule has 2 aromatic rings. The quantitative estimate of drug-likeness (QED) is 0.417. The molecule has 0 radical (unpaired) electrons. The van der Waals surface area contributed by atoms with Crippen LogP contribution in [0.1, 0.15) is 24.5 Å². The van der Waals surface area contributed by atoms with Crippen LogP contribution >= 0.6 is 23.1 Å². The zero-order valence-corrected chi connectivity index (χ0v) is 16.7. The maximum Gasteiger partial charge on any atom is 0.316 e. The van der Waals surface area contributed by atoms with Gasteiger partial charge in [-0.1, -0.05) is 36.1 Å². The first-order chi connectivity index (χ1) is 12.4. The molecular formula is C17H21N3O4S2. The number of aromatic nitrogens is 2. The maximum absolute atomic E-state index is 12.5. The molecule has 0 saturated carbocycles. The highest BCUT2D eigenvalue weighted by atomic mass is 32.2. The summed E-state index contributed by atoms with van der Waals surface area (Å²) < 4.78 is 11.0. The summed E-state index contributed by atoms with van der Waals surface area (Å²) in [6, 6.07) is 5.84. The topological polar surface area (TPSA) is 90.4 Å². The zero-order valence-electron chi connectivity index (χ0n) is 15.1. The Hall–Kier alpha value is -2.13. The van der Waals surface area contributed by atoms with Gasteiger partial charge in [-0.05, 0) is 43.5 Å². The average molecular weight is 396 g/mol. The van der Waals surface area contributed by atoms with Crippen LogP contribution in [0.4, 0.5) is 5.13 Å². The molecule has 0 spiro atoms. The number of rotatable bonds is 8. The first-order valence-electron chi connectivity index (χ1n) is 8.00. The van der Waals surface area contributed by atoms with Gasteiger partial charge in [-0.15, -0.1) is 10.2 Å². The van der Waals surface area contributed by atoms with Gasteiger partial charge < -0.3 is 9.47 Å². The molecule has 26 heavy (non-hydrogen) atoms. The molecule has 7 nitrogen and oxygen atoms in total. The van der Waals surface area contributed by atoms with Gasteiger partial charge in [0.15, 0.2) is 10.4 Å². The normalized spacial score (nSPS) is 11.7. The average Bonchev–Trinajstić information content (AvgIpc) is 3.03. The number of hydrogen-bond donors (Lipinski definition) is 1. The van der Waals surface area contributed by atoms with E-state index in [1.165, 1.54) is 30.2 Å². The summed E-state index contributed by atoms with van der Waals surface area (Å²) in [5.41, 5.74) is 2.15. The lowest BCUT2D eigenvalue weighted by molar-refractivity contribution is -0.137. The van der Waals surface area contributed by atoms with Gasteiger partial charge in [-0.25, -0.2) is 0 Å². The fourth-order valence-corrected chi connectivity index (χ4v) is 3.76. The minimum absolute atomic E-state index is 0.145. The lowest BCUT2D eigenvalue weighted by Gasteiger charge is -2.17. The van der Waals surface area contributed by atoms with E-state index >= 15 is 0 Å². The Labute approximate surface area is 160 Å². The molecule has 1 unspecified atom stereocenters. The molecule has 1 aromatic heterocycles. The molecule has 0 bridgehead atoms. The van der Waals surface area contributed by atoms with E-state index in [0.717, 1.165) is 11.1 Å². The van der Waals surface area contributed by atoms with E-state index in [-0.39, 0.29) is 17.6 Å². The molecule has 2 rings (SSSR count). The summed E-state index contributed by atoms with van der Waals surface area (Å²) in [4.78, 5) is 23.6. The van der Waals surface area contributed by atoms with Crippen LogP contribution in [0.3, 0.4) is 0 Å². The van der Waals surface area contributed by atoms with Crippen molar-refractivity contribution in [2.75, 3.05) is 18.2 Å². The second-order valence-electron chi connectivity index (χ2n) is 5.57. The predicted octanol–water partition coefficient (Wildman–Crippen LogP) is 3.22. The number of carbonyl (C=O) groups excluding carboxylic acids is 2. The van der Waals surface area contributed by atoms with E-state index in [2.05, 4.69) is 20.3 Å². The Morgan fingerprint density at radius 3 is 2.54 bits per heavy atom. The number of hydrogen-bond acceptors (Lipinski definition) is 8. The highest BCUT2D eigenvalue weighted by molar-refractivity contribution is 8.01. The minimum atomic E-state index is -0.633. The molecule has 1 heterocycles. The van der Waals surface area contributed by atoms with Gasteiger partial charge in [0, 0.05) is 0 Å². The van der Waals surface area contributed by atoms with Crippen LogP contribution in [-0.4, -0.2) is 41.0 Å². The summed E-state index contributed by atoms with van der Waals surface area (Å²) in [5, 5.41) is 10.9. The molecule has 0 aliphatic heterocycles. The molecule has 0 aliphatic carbocycles. The van der Waals surface area contributed by atoms with Gasteiger partial charge in [0.1, 0.15) is 5.75 Å². The largest absolute Gasteiger partial charge is 0.481 e. The fraction of sp³-hybridized carbons (Fsp3) is 0.412. The van der Waals surface area contributed by atoms with Crippen molar-refractivity contribution >= 4 is 40.1 Å². The number of benzene rings is 1. The molecular weight excluding hydrogens is 374 g/mol. The number of nitrogens with zero attached hydrogens (tertiary/aromatic N) is 2. The fourth-order valence-electron chi connectivity index (χ4n) is 2.17. The lowest BCUT2D eigenvalue weighted by atomic mass is 10.1. The van der Waals surface area contributed by atoms with E-state index in [4.69, 9.17) is 4.74 Å². The van der Waals surface area contributed by atoms with Crippen molar-refractivity contribution < 1.29 is 19.1 Å². The van der Waals surface area contributed by atoms with Gasteiger partial charge in [-0.2, -0.15) is 0 Å². The van der Waals surface area contributed by atoms with Gasteiger partial charge in [-0.3, -0.25) is 14.9 Å². The number of aryl methyl sites for hydroxylation is 2. The van der Waals surface area contributed by atoms with Crippen LogP contribution in [0.2, 0.25) is 0 Å². The summed E-state index contributed by atoms with van der Waals surface area (Å²) in [5.74, 6) is 0.180. The third-order valence-electron chi connectivity index (χ3n) is 3.31. The molecule has 0 fully saturated rings. The number of methoxy groups -OCH3 is 1. The predicted molar refractivity (Wildman–Crippen MR) is 102 cm³/mol. The van der Waals surface area contributed by atoms with Crippen molar-refractivity contribution in [1.29, 1.82) is 0 Å². The molecule has 1 N–H and O–H groups in total. The Balaban J connectivity index is 1.96. The Morgan fingerprint density at radius 1 is 1.23 bits per heavy atom. The first-order valence-corrected chi connectivity index (χ1v) is 9.80. The van der Waals surface area contributed by atoms with Crippen LogP contribution in [-0.2, 0) is 14.3 Å². The Bertz CT molecular complexity index is 759. The summed E-state index contributed by atoms with van der Waals surface area (Å²) in [7, 11) is 1.33. The molecule has 1 aromatic carbocycles. The summed E-state index contributed by atoms with van der Waals surface area (Å²) >= 11 is 2.41. The summed E-state index contributed by atoms with van der Waals surface area (Å²) in [6.45, 7) is 5.84. The van der Waals surface area contributed by atoms with Crippen LogP contribution < -0.4 is 10.1 Å². The number of ether oxygens (including phenoxy) is 2. The van der Waals surface area contributed by atoms with Crippen LogP contribution in [0.15, 0.2) is 22.5 Å². The Kier molecular flexibility index (Phi) is 7.40. The zero-order chi connectivity index (χ0) is 19.1. The number of thioether (sulfide) groups is 1. The van der Waals surface area contributed by atoms with Crippen molar-refractivity contribution in [2.24, 2.45) is 0 Å². The first kappa shape index (κ1) is 20.2. The van der Waals surface area contributed by atoms with Crippen LogP contribution in [0.25, 0.3) is 0 Å².